The summed E-state index contributed by atoms with van der Waals surface area (Å²) in [7, 11) is 0. The van der Waals surface area contributed by atoms with Crippen LogP contribution in [0.25, 0.3) is 0 Å². The number of carboxylic acid groups (broad SMARTS) is 1. The van der Waals surface area contributed by atoms with Gasteiger partial charge in [0.15, 0.2) is 0 Å². The minimum absolute atomic E-state index is 0.159. The third-order valence-corrected chi connectivity index (χ3v) is 3.96. The van der Waals surface area contributed by atoms with Crippen LogP contribution >= 0.6 is 0 Å². The lowest BCUT2D eigenvalue weighted by atomic mass is 9.81. The number of allylic oxidation sites excluding steroid dienone is 4. The normalized spacial score (nSPS) is 31.9. The van der Waals surface area contributed by atoms with E-state index in [0.717, 1.165) is 25.7 Å². The minimum atomic E-state index is -0.633. The number of fused-ring (bicyclic) bond motifs is 2. The predicted molar refractivity (Wildman–Crippen MR) is 64.0 cm³/mol. The Morgan fingerprint density at radius 3 is 2.44 bits per heavy atom. The summed E-state index contributed by atoms with van der Waals surface area (Å²) in [5.74, 6) is -0.0465. The molecule has 16 heavy (non-hydrogen) atoms. The fourth-order valence-corrected chi connectivity index (χ4v) is 3.37. The van der Waals surface area contributed by atoms with Crippen molar-refractivity contribution in [2.75, 3.05) is 0 Å². The first-order valence-corrected chi connectivity index (χ1v) is 5.85. The van der Waals surface area contributed by atoms with Gasteiger partial charge in [0.1, 0.15) is 0 Å². The molecule has 2 rings (SSSR count). The maximum absolute atomic E-state index is 11.1. The number of rotatable bonds is 5. The molecule has 2 heteroatoms. The van der Waals surface area contributed by atoms with Crippen LogP contribution in [0.5, 0.6) is 0 Å². The molecule has 2 bridgehead atoms. The van der Waals surface area contributed by atoms with Crippen LogP contribution < -0.4 is 0 Å². The molecule has 0 aliphatic heterocycles. The molecule has 1 N–H and O–H groups in total. The summed E-state index contributed by atoms with van der Waals surface area (Å²) in [5.41, 5.74) is 2.77. The summed E-state index contributed by atoms with van der Waals surface area (Å²) in [6.07, 6.45) is 7.42. The quantitative estimate of drug-likeness (QED) is 0.720. The van der Waals surface area contributed by atoms with Crippen LogP contribution in [-0.2, 0) is 4.79 Å². The second-order valence-electron chi connectivity index (χ2n) is 4.76. The van der Waals surface area contributed by atoms with Gasteiger partial charge in [-0.3, -0.25) is 4.79 Å². The summed E-state index contributed by atoms with van der Waals surface area (Å²) in [4.78, 5) is 11.1. The molecule has 0 aromatic carbocycles. The van der Waals surface area contributed by atoms with Gasteiger partial charge < -0.3 is 5.11 Å². The average Bonchev–Trinajstić information content (AvgIpc) is 2.79. The molecule has 2 nitrogen and oxygen atoms in total. The van der Waals surface area contributed by atoms with Crippen molar-refractivity contribution in [1.82, 2.24) is 0 Å². The van der Waals surface area contributed by atoms with Gasteiger partial charge in [-0.15, -0.1) is 13.2 Å². The second-order valence-corrected chi connectivity index (χ2v) is 4.76. The van der Waals surface area contributed by atoms with Gasteiger partial charge in [-0.25, -0.2) is 0 Å². The Hall–Kier alpha value is -1.31. The van der Waals surface area contributed by atoms with Gasteiger partial charge in [-0.05, 0) is 37.5 Å². The highest BCUT2D eigenvalue weighted by molar-refractivity contribution is 5.72. The molecular weight excluding hydrogens is 200 g/mol. The molecule has 0 saturated heterocycles. The molecule has 0 aromatic rings. The number of hydrogen-bond donors (Lipinski definition) is 1. The van der Waals surface area contributed by atoms with Crippen molar-refractivity contribution in [3.8, 4) is 0 Å². The summed E-state index contributed by atoms with van der Waals surface area (Å²) >= 11 is 0. The third kappa shape index (κ3) is 1.62. The van der Waals surface area contributed by atoms with E-state index in [1.54, 1.807) is 0 Å². The molecule has 0 spiro atoms. The highest BCUT2D eigenvalue weighted by atomic mass is 16.4. The molecule has 2 aliphatic rings. The Bertz CT molecular complexity index is 365. The third-order valence-electron chi connectivity index (χ3n) is 3.96. The first-order valence-electron chi connectivity index (χ1n) is 5.85. The Labute approximate surface area is 96.4 Å². The van der Waals surface area contributed by atoms with Crippen molar-refractivity contribution in [3.63, 3.8) is 0 Å². The van der Waals surface area contributed by atoms with Crippen LogP contribution in [0.1, 0.15) is 25.7 Å². The maximum atomic E-state index is 11.1. The zero-order valence-corrected chi connectivity index (χ0v) is 9.48. The van der Waals surface area contributed by atoms with E-state index in [0.29, 0.717) is 5.92 Å². The van der Waals surface area contributed by atoms with Gasteiger partial charge in [-0.2, -0.15) is 0 Å². The van der Waals surface area contributed by atoms with Gasteiger partial charge in [0.2, 0.25) is 0 Å². The molecule has 3 unspecified atom stereocenters. The molecule has 0 aromatic heterocycles. The maximum Gasteiger partial charge on any atom is 0.307 e. The number of carbonyl (C=O) groups is 1. The molecule has 1 fully saturated rings. The van der Waals surface area contributed by atoms with Gasteiger partial charge in [0.25, 0.3) is 0 Å². The van der Waals surface area contributed by atoms with Gasteiger partial charge in [-0.1, -0.05) is 23.3 Å². The lowest BCUT2D eigenvalue weighted by Gasteiger charge is -2.23. The van der Waals surface area contributed by atoms with Crippen LogP contribution in [-0.4, -0.2) is 11.1 Å². The smallest absolute Gasteiger partial charge is 0.307 e. The SMILES string of the molecule is C=CCC1=C(CC=C)C2CC1CC2C(=O)O. The molecule has 3 atom stereocenters. The van der Waals surface area contributed by atoms with Crippen molar-refractivity contribution >= 4 is 5.97 Å². The summed E-state index contributed by atoms with van der Waals surface area (Å²) in [6.45, 7) is 7.54. The lowest BCUT2D eigenvalue weighted by Crippen LogP contribution is -2.22. The molecule has 2 aliphatic carbocycles. The minimum Gasteiger partial charge on any atom is -0.481 e. The van der Waals surface area contributed by atoms with E-state index in [1.807, 2.05) is 12.2 Å². The van der Waals surface area contributed by atoms with E-state index in [1.165, 1.54) is 11.1 Å². The monoisotopic (exact) mass is 218 g/mol. The van der Waals surface area contributed by atoms with E-state index in [9.17, 15) is 4.79 Å². The molecule has 0 amide bonds. The molecular formula is C14H18O2. The van der Waals surface area contributed by atoms with Gasteiger partial charge in [0, 0.05) is 0 Å². The summed E-state index contributed by atoms with van der Waals surface area (Å²) in [6, 6.07) is 0. The van der Waals surface area contributed by atoms with Crippen molar-refractivity contribution in [2.24, 2.45) is 17.8 Å². The predicted octanol–water partition coefficient (Wildman–Crippen LogP) is 3.18. The van der Waals surface area contributed by atoms with Crippen LogP contribution in [0.15, 0.2) is 36.5 Å². The zero-order valence-electron chi connectivity index (χ0n) is 9.48. The van der Waals surface area contributed by atoms with Crippen molar-refractivity contribution < 1.29 is 9.90 Å². The number of carboxylic acids is 1. The standard InChI is InChI=1S/C14H18O2/c1-3-5-10-9-7-12(11(10)6-4-2)13(8-9)14(15)16/h3-4,9,12-13H,1-2,5-8H2,(H,15,16). The molecule has 86 valence electrons. The van der Waals surface area contributed by atoms with E-state index in [-0.39, 0.29) is 11.8 Å². The highest BCUT2D eigenvalue weighted by Gasteiger charge is 2.47. The fraction of sp³-hybridized carbons (Fsp3) is 0.500. The summed E-state index contributed by atoms with van der Waals surface area (Å²) < 4.78 is 0. The Morgan fingerprint density at radius 1 is 1.25 bits per heavy atom. The molecule has 0 radical (unpaired) electrons. The Kier molecular flexibility index (Phi) is 2.99. The van der Waals surface area contributed by atoms with E-state index < -0.39 is 5.97 Å². The summed E-state index contributed by atoms with van der Waals surface area (Å²) in [5, 5.41) is 9.17. The first-order chi connectivity index (χ1) is 7.69. The van der Waals surface area contributed by atoms with Crippen LogP contribution in [0, 0.1) is 17.8 Å². The Morgan fingerprint density at radius 2 is 1.88 bits per heavy atom. The fourth-order valence-electron chi connectivity index (χ4n) is 3.37. The Balaban J connectivity index is 2.28. The van der Waals surface area contributed by atoms with Gasteiger partial charge >= 0.3 is 5.97 Å². The van der Waals surface area contributed by atoms with Gasteiger partial charge in [0.05, 0.1) is 5.92 Å². The molecule has 0 heterocycles. The van der Waals surface area contributed by atoms with Crippen LogP contribution in [0.3, 0.4) is 0 Å². The lowest BCUT2D eigenvalue weighted by molar-refractivity contribution is -0.142. The van der Waals surface area contributed by atoms with E-state index >= 15 is 0 Å². The second kappa shape index (κ2) is 4.28. The topological polar surface area (TPSA) is 37.3 Å². The van der Waals surface area contributed by atoms with Crippen molar-refractivity contribution in [3.05, 3.63) is 36.5 Å². The largest absolute Gasteiger partial charge is 0.481 e. The highest BCUT2D eigenvalue weighted by Crippen LogP contribution is 2.54. The number of hydrogen-bond acceptors (Lipinski definition) is 1. The van der Waals surface area contributed by atoms with Crippen molar-refractivity contribution in [2.45, 2.75) is 25.7 Å². The van der Waals surface area contributed by atoms with Crippen LogP contribution in [0.2, 0.25) is 0 Å². The molecule has 1 saturated carbocycles. The van der Waals surface area contributed by atoms with E-state index in [2.05, 4.69) is 13.2 Å². The zero-order chi connectivity index (χ0) is 11.7. The van der Waals surface area contributed by atoms with Crippen molar-refractivity contribution in [1.29, 1.82) is 0 Å². The number of aliphatic carboxylic acids is 1. The first kappa shape index (κ1) is 11.2. The van der Waals surface area contributed by atoms with Crippen LogP contribution in [0.4, 0.5) is 0 Å². The average molecular weight is 218 g/mol. The van der Waals surface area contributed by atoms with E-state index in [4.69, 9.17) is 5.11 Å².